The van der Waals surface area contributed by atoms with Crippen LogP contribution < -0.4 is 4.74 Å². The molecule has 0 aliphatic heterocycles. The van der Waals surface area contributed by atoms with Gasteiger partial charge in [-0.1, -0.05) is 33.1 Å². The number of nitrogens with zero attached hydrogens (tertiary/aromatic N) is 2. The first-order chi connectivity index (χ1) is 7.77. The van der Waals surface area contributed by atoms with Crippen molar-refractivity contribution < 1.29 is 4.74 Å². The maximum absolute atomic E-state index is 5.69. The van der Waals surface area contributed by atoms with Gasteiger partial charge in [0.25, 0.3) is 0 Å². The average molecular weight is 287 g/mol. The molecule has 16 heavy (non-hydrogen) atoms. The van der Waals surface area contributed by atoms with E-state index in [1.54, 1.807) is 6.20 Å². The van der Waals surface area contributed by atoms with Gasteiger partial charge in [-0.15, -0.1) is 0 Å². The van der Waals surface area contributed by atoms with E-state index in [0.29, 0.717) is 11.8 Å². The second-order valence-electron chi connectivity index (χ2n) is 3.90. The fourth-order valence-electron chi connectivity index (χ4n) is 1.50. The molecule has 1 heterocycles. The summed E-state index contributed by atoms with van der Waals surface area (Å²) in [6, 6.07) is 0. The van der Waals surface area contributed by atoms with Crippen molar-refractivity contribution in [2.75, 3.05) is 6.61 Å². The van der Waals surface area contributed by atoms with Crippen LogP contribution in [0.25, 0.3) is 0 Å². The Morgan fingerprint density at radius 1 is 1.44 bits per heavy atom. The average Bonchev–Trinajstić information content (AvgIpc) is 2.31. The molecule has 0 N–H and O–H groups in total. The summed E-state index contributed by atoms with van der Waals surface area (Å²) in [5.74, 6) is 1.27. The molecule has 0 radical (unpaired) electrons. The van der Waals surface area contributed by atoms with Crippen LogP contribution in [0.2, 0.25) is 0 Å². The first-order valence-electron chi connectivity index (χ1n) is 5.86. The third-order valence-corrected chi connectivity index (χ3v) is 3.18. The summed E-state index contributed by atoms with van der Waals surface area (Å²) in [5.41, 5.74) is 0. The molecule has 0 aliphatic rings. The molecule has 1 rings (SSSR count). The van der Waals surface area contributed by atoms with E-state index in [4.69, 9.17) is 4.74 Å². The van der Waals surface area contributed by atoms with E-state index in [2.05, 4.69) is 39.7 Å². The molecule has 3 nitrogen and oxygen atoms in total. The van der Waals surface area contributed by atoms with E-state index < -0.39 is 0 Å². The molecular weight excluding hydrogens is 268 g/mol. The van der Waals surface area contributed by atoms with Crippen LogP contribution in [0.4, 0.5) is 0 Å². The van der Waals surface area contributed by atoms with Crippen molar-refractivity contribution >= 4 is 15.9 Å². The van der Waals surface area contributed by atoms with Crippen LogP contribution in [0.15, 0.2) is 17.0 Å². The van der Waals surface area contributed by atoms with Crippen LogP contribution in [-0.4, -0.2) is 16.6 Å². The molecule has 1 aromatic heterocycles. The Morgan fingerprint density at radius 3 is 2.88 bits per heavy atom. The van der Waals surface area contributed by atoms with Crippen molar-refractivity contribution in [3.05, 3.63) is 17.0 Å². The zero-order valence-electron chi connectivity index (χ0n) is 9.95. The molecule has 0 spiro atoms. The SMILES string of the molecule is CCCCC(CC)COc1ncncc1Br. The maximum atomic E-state index is 5.69. The third-order valence-electron chi connectivity index (χ3n) is 2.63. The van der Waals surface area contributed by atoms with Crippen molar-refractivity contribution in [1.82, 2.24) is 9.97 Å². The van der Waals surface area contributed by atoms with Crippen molar-refractivity contribution in [2.45, 2.75) is 39.5 Å². The van der Waals surface area contributed by atoms with Gasteiger partial charge in [-0.2, -0.15) is 0 Å². The lowest BCUT2D eigenvalue weighted by molar-refractivity contribution is 0.224. The minimum atomic E-state index is 0.627. The highest BCUT2D eigenvalue weighted by molar-refractivity contribution is 9.10. The summed E-state index contributed by atoms with van der Waals surface area (Å²) >= 11 is 3.37. The van der Waals surface area contributed by atoms with E-state index >= 15 is 0 Å². The molecule has 90 valence electrons. The number of aromatic nitrogens is 2. The van der Waals surface area contributed by atoms with Crippen LogP contribution in [-0.2, 0) is 0 Å². The number of hydrogen-bond acceptors (Lipinski definition) is 3. The Hall–Kier alpha value is -0.640. The second-order valence-corrected chi connectivity index (χ2v) is 4.76. The summed E-state index contributed by atoms with van der Waals surface area (Å²) in [5, 5.41) is 0. The molecule has 1 atom stereocenters. The topological polar surface area (TPSA) is 35.0 Å². The summed E-state index contributed by atoms with van der Waals surface area (Å²) in [4.78, 5) is 7.99. The molecule has 0 amide bonds. The highest BCUT2D eigenvalue weighted by atomic mass is 79.9. The van der Waals surface area contributed by atoms with Crippen LogP contribution in [0.1, 0.15) is 39.5 Å². The highest BCUT2D eigenvalue weighted by Crippen LogP contribution is 2.21. The Labute approximate surface area is 106 Å². The van der Waals surface area contributed by atoms with Gasteiger partial charge < -0.3 is 4.74 Å². The van der Waals surface area contributed by atoms with Gasteiger partial charge in [-0.25, -0.2) is 9.97 Å². The van der Waals surface area contributed by atoms with E-state index in [0.717, 1.165) is 17.5 Å². The molecule has 0 bridgehead atoms. The quantitative estimate of drug-likeness (QED) is 0.764. The van der Waals surface area contributed by atoms with Gasteiger partial charge in [-0.3, -0.25) is 0 Å². The van der Waals surface area contributed by atoms with Crippen molar-refractivity contribution in [3.63, 3.8) is 0 Å². The smallest absolute Gasteiger partial charge is 0.231 e. The number of unbranched alkanes of at least 4 members (excludes halogenated alkanes) is 1. The minimum Gasteiger partial charge on any atom is -0.476 e. The molecule has 1 aromatic rings. The van der Waals surface area contributed by atoms with Gasteiger partial charge in [0.15, 0.2) is 0 Å². The summed E-state index contributed by atoms with van der Waals surface area (Å²) in [7, 11) is 0. The Bertz CT molecular complexity index is 307. The summed E-state index contributed by atoms with van der Waals surface area (Å²) in [6.07, 6.45) is 8.11. The van der Waals surface area contributed by atoms with Crippen LogP contribution >= 0.6 is 15.9 Å². The van der Waals surface area contributed by atoms with Gasteiger partial charge in [0.05, 0.1) is 11.1 Å². The second kappa shape index (κ2) is 7.60. The minimum absolute atomic E-state index is 0.627. The summed E-state index contributed by atoms with van der Waals surface area (Å²) < 4.78 is 6.51. The zero-order chi connectivity index (χ0) is 11.8. The maximum Gasteiger partial charge on any atom is 0.231 e. The Morgan fingerprint density at radius 2 is 2.25 bits per heavy atom. The van der Waals surface area contributed by atoms with Crippen molar-refractivity contribution in [3.8, 4) is 5.88 Å². The zero-order valence-corrected chi connectivity index (χ0v) is 11.5. The van der Waals surface area contributed by atoms with Gasteiger partial charge in [0, 0.05) is 6.20 Å². The van der Waals surface area contributed by atoms with Gasteiger partial charge >= 0.3 is 0 Å². The van der Waals surface area contributed by atoms with Gasteiger partial charge in [-0.05, 0) is 28.3 Å². The van der Waals surface area contributed by atoms with Crippen LogP contribution in [0.5, 0.6) is 5.88 Å². The monoisotopic (exact) mass is 286 g/mol. The first-order valence-corrected chi connectivity index (χ1v) is 6.65. The molecule has 0 fully saturated rings. The molecule has 0 saturated carbocycles. The highest BCUT2D eigenvalue weighted by Gasteiger charge is 2.09. The van der Waals surface area contributed by atoms with E-state index in [9.17, 15) is 0 Å². The largest absolute Gasteiger partial charge is 0.476 e. The van der Waals surface area contributed by atoms with Crippen LogP contribution in [0, 0.1) is 5.92 Å². The number of ether oxygens (including phenoxy) is 1. The fourth-order valence-corrected chi connectivity index (χ4v) is 1.84. The van der Waals surface area contributed by atoms with Crippen LogP contribution in [0.3, 0.4) is 0 Å². The van der Waals surface area contributed by atoms with E-state index in [1.165, 1.54) is 25.6 Å². The molecule has 4 heteroatoms. The number of halogens is 1. The van der Waals surface area contributed by atoms with Crippen molar-refractivity contribution in [1.29, 1.82) is 0 Å². The molecule has 0 aromatic carbocycles. The number of rotatable bonds is 7. The Kier molecular flexibility index (Phi) is 6.38. The van der Waals surface area contributed by atoms with Crippen molar-refractivity contribution in [2.24, 2.45) is 5.92 Å². The summed E-state index contributed by atoms with van der Waals surface area (Å²) in [6.45, 7) is 5.17. The lowest BCUT2D eigenvalue weighted by Crippen LogP contribution is -2.12. The predicted molar refractivity (Wildman–Crippen MR) is 68.5 cm³/mol. The molecule has 1 unspecified atom stereocenters. The normalized spacial score (nSPS) is 12.4. The number of hydrogen-bond donors (Lipinski definition) is 0. The lowest BCUT2D eigenvalue weighted by atomic mass is 10.0. The third kappa shape index (κ3) is 4.47. The Balaban J connectivity index is 2.40. The van der Waals surface area contributed by atoms with Gasteiger partial charge in [0.1, 0.15) is 6.33 Å². The predicted octanol–water partition coefficient (Wildman–Crippen LogP) is 3.83. The van der Waals surface area contributed by atoms with E-state index in [-0.39, 0.29) is 0 Å². The molecule has 0 saturated heterocycles. The first kappa shape index (κ1) is 13.4. The standard InChI is InChI=1S/C12H19BrN2O/c1-3-5-6-10(4-2)8-16-12-11(13)7-14-9-15-12/h7,9-10H,3-6,8H2,1-2H3. The van der Waals surface area contributed by atoms with Gasteiger partial charge in [0.2, 0.25) is 5.88 Å². The molecule has 0 aliphatic carbocycles. The fraction of sp³-hybridized carbons (Fsp3) is 0.667. The van der Waals surface area contributed by atoms with E-state index in [1.807, 2.05) is 0 Å². The lowest BCUT2D eigenvalue weighted by Gasteiger charge is -2.15. The molecular formula is C12H19BrN2O.